The number of amides is 2. The molecule has 0 bridgehead atoms. The normalized spacial score (nSPS) is 12.5. The minimum absolute atomic E-state index is 0.0936. The number of nitrogens with zero attached hydrogens (tertiary/aromatic N) is 1. The van der Waals surface area contributed by atoms with E-state index in [1.165, 1.54) is 12.1 Å². The van der Waals surface area contributed by atoms with Gasteiger partial charge in [-0.05, 0) is 42.8 Å². The Morgan fingerprint density at radius 2 is 1.70 bits per heavy atom. The summed E-state index contributed by atoms with van der Waals surface area (Å²) in [4.78, 5) is 26.3. The second-order valence-electron chi connectivity index (χ2n) is 6.94. The van der Waals surface area contributed by atoms with Gasteiger partial charge in [0.1, 0.15) is 19.0 Å². The van der Waals surface area contributed by atoms with Gasteiger partial charge in [-0.1, -0.05) is 19.1 Å². The average Bonchev–Trinajstić information content (AvgIpc) is 2.74. The number of likely N-dealkylation sites (N-methyl/N-ethyl adjacent to an activating group) is 1. The number of fused-ring (bicyclic) bond motifs is 1. The largest absolute Gasteiger partial charge is 0.486 e. The number of anilines is 1. The second-order valence-corrected chi connectivity index (χ2v) is 6.94. The molecule has 160 valence electrons. The molecule has 7 nitrogen and oxygen atoms in total. The van der Waals surface area contributed by atoms with Gasteiger partial charge >= 0.3 is 0 Å². The quantitative estimate of drug-likeness (QED) is 0.657. The van der Waals surface area contributed by atoms with E-state index in [1.54, 1.807) is 35.2 Å². The van der Waals surface area contributed by atoms with Crippen molar-refractivity contribution in [2.45, 2.75) is 13.3 Å². The van der Waals surface area contributed by atoms with E-state index in [2.05, 4.69) is 10.6 Å². The zero-order valence-corrected chi connectivity index (χ0v) is 16.9. The Bertz CT molecular complexity index is 873. The molecule has 3 rings (SSSR count). The lowest BCUT2D eigenvalue weighted by atomic mass is 10.1. The highest BCUT2D eigenvalue weighted by molar-refractivity contribution is 5.93. The van der Waals surface area contributed by atoms with Gasteiger partial charge in [0.05, 0.1) is 13.1 Å². The van der Waals surface area contributed by atoms with Crippen LogP contribution in [0.15, 0.2) is 42.5 Å². The third-order valence-electron chi connectivity index (χ3n) is 4.66. The van der Waals surface area contributed by atoms with Crippen molar-refractivity contribution in [1.82, 2.24) is 10.2 Å². The van der Waals surface area contributed by atoms with E-state index in [0.717, 1.165) is 5.56 Å². The first-order valence-corrected chi connectivity index (χ1v) is 9.96. The number of carbonyl (C=O) groups excluding carboxylic acids is 2. The first-order chi connectivity index (χ1) is 14.5. The lowest BCUT2D eigenvalue weighted by molar-refractivity contribution is -0.123. The van der Waals surface area contributed by atoms with Gasteiger partial charge in [0.2, 0.25) is 11.8 Å². The van der Waals surface area contributed by atoms with Gasteiger partial charge < -0.3 is 20.1 Å². The Morgan fingerprint density at radius 1 is 1.00 bits per heavy atom. The Balaban J connectivity index is 1.42. The van der Waals surface area contributed by atoms with Crippen LogP contribution in [-0.4, -0.2) is 56.1 Å². The number of hydrogen-bond acceptors (Lipinski definition) is 5. The van der Waals surface area contributed by atoms with Crippen molar-refractivity contribution < 1.29 is 23.5 Å². The summed E-state index contributed by atoms with van der Waals surface area (Å²) in [5.74, 6) is 0.605. The molecule has 0 radical (unpaired) electrons. The molecule has 0 fully saturated rings. The van der Waals surface area contributed by atoms with Gasteiger partial charge in [0.15, 0.2) is 11.5 Å². The van der Waals surface area contributed by atoms with Crippen molar-refractivity contribution in [3.8, 4) is 11.5 Å². The number of halogens is 1. The Labute approximate surface area is 175 Å². The smallest absolute Gasteiger partial charge is 0.238 e. The first-order valence-electron chi connectivity index (χ1n) is 9.96. The highest BCUT2D eigenvalue weighted by Crippen LogP contribution is 2.32. The zero-order chi connectivity index (χ0) is 21.3. The minimum Gasteiger partial charge on any atom is -0.486 e. The molecule has 8 heteroatoms. The summed E-state index contributed by atoms with van der Waals surface area (Å²) in [5.41, 5.74) is 1.56. The van der Waals surface area contributed by atoms with E-state index in [-0.39, 0.29) is 30.7 Å². The fraction of sp³-hybridized carbons (Fsp3) is 0.364. The lowest BCUT2D eigenvalue weighted by Gasteiger charge is -2.21. The maximum Gasteiger partial charge on any atom is 0.238 e. The van der Waals surface area contributed by atoms with Gasteiger partial charge in [-0.15, -0.1) is 0 Å². The van der Waals surface area contributed by atoms with Crippen molar-refractivity contribution in [3.63, 3.8) is 0 Å². The van der Waals surface area contributed by atoms with E-state index >= 15 is 0 Å². The molecular formula is C22H26FN3O4. The zero-order valence-electron chi connectivity index (χ0n) is 16.9. The third kappa shape index (κ3) is 6.45. The molecule has 0 aromatic heterocycles. The second kappa shape index (κ2) is 10.6. The SMILES string of the molecule is CCN(CC(=O)NCCc1ccc(F)cc1)CC(=O)Nc1ccc2c(c1)OCCO2. The Kier molecular flexibility index (Phi) is 7.62. The molecule has 2 N–H and O–H groups in total. The van der Waals surface area contributed by atoms with Crippen molar-refractivity contribution >= 4 is 17.5 Å². The van der Waals surface area contributed by atoms with Crippen LogP contribution in [0, 0.1) is 5.82 Å². The Morgan fingerprint density at radius 3 is 2.43 bits per heavy atom. The van der Waals surface area contributed by atoms with E-state index in [4.69, 9.17) is 9.47 Å². The number of rotatable bonds is 9. The fourth-order valence-electron chi connectivity index (χ4n) is 3.06. The van der Waals surface area contributed by atoms with Gasteiger partial charge in [0.25, 0.3) is 0 Å². The fourth-order valence-corrected chi connectivity index (χ4v) is 3.06. The monoisotopic (exact) mass is 415 g/mol. The molecule has 2 aromatic rings. The maximum absolute atomic E-state index is 12.9. The molecule has 0 saturated carbocycles. The number of hydrogen-bond donors (Lipinski definition) is 2. The molecular weight excluding hydrogens is 389 g/mol. The number of ether oxygens (including phenoxy) is 2. The van der Waals surface area contributed by atoms with Crippen molar-refractivity contribution in [3.05, 3.63) is 53.8 Å². The molecule has 2 amide bonds. The van der Waals surface area contributed by atoms with Crippen LogP contribution < -0.4 is 20.1 Å². The van der Waals surface area contributed by atoms with E-state index in [0.29, 0.717) is 49.9 Å². The minimum atomic E-state index is -0.282. The topological polar surface area (TPSA) is 79.9 Å². The van der Waals surface area contributed by atoms with Crippen molar-refractivity contribution in [2.24, 2.45) is 0 Å². The molecule has 0 spiro atoms. The van der Waals surface area contributed by atoms with Crippen LogP contribution in [0.4, 0.5) is 10.1 Å². The molecule has 1 aliphatic heterocycles. The summed E-state index contributed by atoms with van der Waals surface area (Å²) in [6.07, 6.45) is 0.614. The third-order valence-corrected chi connectivity index (χ3v) is 4.66. The van der Waals surface area contributed by atoms with Crippen LogP contribution in [0.5, 0.6) is 11.5 Å². The van der Waals surface area contributed by atoms with Gasteiger partial charge in [0, 0.05) is 18.3 Å². The summed E-state index contributed by atoms with van der Waals surface area (Å²) in [6.45, 7) is 4.10. The van der Waals surface area contributed by atoms with E-state index in [9.17, 15) is 14.0 Å². The molecule has 2 aromatic carbocycles. The molecule has 0 atom stereocenters. The van der Waals surface area contributed by atoms with Crippen LogP contribution in [-0.2, 0) is 16.0 Å². The van der Waals surface area contributed by atoms with Crippen molar-refractivity contribution in [1.29, 1.82) is 0 Å². The predicted octanol–water partition coefficient (Wildman–Crippen LogP) is 2.22. The highest BCUT2D eigenvalue weighted by atomic mass is 19.1. The summed E-state index contributed by atoms with van der Waals surface area (Å²) < 4.78 is 23.9. The standard InChI is InChI=1S/C22H26FN3O4/c1-2-26(14-21(27)24-10-9-16-3-5-17(23)6-4-16)15-22(28)25-18-7-8-19-20(13-18)30-12-11-29-19/h3-8,13H,2,9-12,14-15H2,1H3,(H,24,27)(H,25,28). The highest BCUT2D eigenvalue weighted by Gasteiger charge is 2.15. The number of nitrogens with one attached hydrogen (secondary N) is 2. The van der Waals surface area contributed by atoms with Gasteiger partial charge in [-0.25, -0.2) is 4.39 Å². The molecule has 1 aliphatic rings. The van der Waals surface area contributed by atoms with Crippen LogP contribution in [0.3, 0.4) is 0 Å². The van der Waals surface area contributed by atoms with E-state index in [1.807, 2.05) is 6.92 Å². The number of benzene rings is 2. The molecule has 0 unspecified atom stereocenters. The predicted molar refractivity (Wildman–Crippen MR) is 111 cm³/mol. The van der Waals surface area contributed by atoms with Crippen LogP contribution in [0.25, 0.3) is 0 Å². The summed E-state index contributed by atoms with van der Waals surface area (Å²) in [6, 6.07) is 11.4. The van der Waals surface area contributed by atoms with Gasteiger partial charge in [-0.3, -0.25) is 14.5 Å². The molecule has 1 heterocycles. The molecule has 0 aliphatic carbocycles. The molecule has 30 heavy (non-hydrogen) atoms. The van der Waals surface area contributed by atoms with Crippen LogP contribution in [0.2, 0.25) is 0 Å². The average molecular weight is 415 g/mol. The summed E-state index contributed by atoms with van der Waals surface area (Å²) in [5, 5.41) is 5.65. The Hall–Kier alpha value is -3.13. The van der Waals surface area contributed by atoms with E-state index < -0.39 is 0 Å². The first kappa shape index (κ1) is 21.6. The van der Waals surface area contributed by atoms with Crippen molar-refractivity contribution in [2.75, 3.05) is 44.7 Å². The van der Waals surface area contributed by atoms with Gasteiger partial charge in [-0.2, -0.15) is 0 Å². The maximum atomic E-state index is 12.9. The van der Waals surface area contributed by atoms with Crippen LogP contribution in [0.1, 0.15) is 12.5 Å². The van der Waals surface area contributed by atoms with Crippen LogP contribution >= 0.6 is 0 Å². The lowest BCUT2D eigenvalue weighted by Crippen LogP contribution is -2.41. The summed E-state index contributed by atoms with van der Waals surface area (Å²) >= 11 is 0. The summed E-state index contributed by atoms with van der Waals surface area (Å²) in [7, 11) is 0. The number of carbonyl (C=O) groups is 2. The molecule has 0 saturated heterocycles.